The van der Waals surface area contributed by atoms with Crippen molar-refractivity contribution in [1.29, 1.82) is 0 Å². The molecule has 0 N–H and O–H groups in total. The Morgan fingerprint density at radius 3 is 2.50 bits per heavy atom. The lowest BCUT2D eigenvalue weighted by molar-refractivity contribution is -0.160. The summed E-state index contributed by atoms with van der Waals surface area (Å²) in [6, 6.07) is 5.75. The number of alkyl halides is 2. The molecule has 1 spiro atoms. The van der Waals surface area contributed by atoms with E-state index in [1.165, 1.54) is 12.1 Å². The molecule has 1 unspecified atom stereocenters. The Balaban J connectivity index is 1.43. The van der Waals surface area contributed by atoms with Crippen molar-refractivity contribution in [2.75, 3.05) is 31.1 Å². The Kier molecular flexibility index (Phi) is 4.85. The molecule has 2 amide bonds. The lowest BCUT2D eigenvalue weighted by Gasteiger charge is -2.42. The van der Waals surface area contributed by atoms with Crippen LogP contribution in [0.3, 0.4) is 0 Å². The molecule has 2 heterocycles. The Bertz CT molecular complexity index is 762. The average molecular weight is 396 g/mol. The van der Waals surface area contributed by atoms with Crippen molar-refractivity contribution in [3.63, 3.8) is 0 Å². The zero-order valence-corrected chi connectivity index (χ0v) is 15.5. The number of carbonyl (C=O) groups excluding carboxylic acids is 2. The van der Waals surface area contributed by atoms with Crippen LogP contribution in [0.4, 0.5) is 18.9 Å². The molecule has 0 bridgehead atoms. The summed E-state index contributed by atoms with van der Waals surface area (Å²) < 4.78 is 45.3. The number of nitrogens with zero attached hydrogens (tertiary/aromatic N) is 2. The Morgan fingerprint density at radius 1 is 1.11 bits per heavy atom. The molecule has 5 nitrogen and oxygen atoms in total. The van der Waals surface area contributed by atoms with Gasteiger partial charge in [0.15, 0.2) is 0 Å². The van der Waals surface area contributed by atoms with Crippen LogP contribution in [0.15, 0.2) is 24.3 Å². The Morgan fingerprint density at radius 2 is 1.82 bits per heavy atom. The summed E-state index contributed by atoms with van der Waals surface area (Å²) in [5.74, 6) is -4.06. The molecule has 152 valence electrons. The molecule has 3 fully saturated rings. The third kappa shape index (κ3) is 3.74. The van der Waals surface area contributed by atoms with E-state index in [-0.39, 0.29) is 37.1 Å². The minimum atomic E-state index is -2.71. The van der Waals surface area contributed by atoms with Crippen LogP contribution in [0, 0.1) is 11.7 Å². The highest BCUT2D eigenvalue weighted by Crippen LogP contribution is 2.43. The molecular formula is C20H23F3N2O3. The maximum Gasteiger partial charge on any atom is 0.253 e. The number of carbonyl (C=O) groups is 2. The molecule has 3 aliphatic rings. The second-order valence-electron chi connectivity index (χ2n) is 8.07. The number of ether oxygens (including phenoxy) is 1. The van der Waals surface area contributed by atoms with Crippen molar-refractivity contribution in [3.8, 4) is 0 Å². The Labute approximate surface area is 161 Å². The first kappa shape index (κ1) is 19.2. The van der Waals surface area contributed by atoms with Gasteiger partial charge in [0.05, 0.1) is 12.1 Å². The number of rotatable bonds is 2. The van der Waals surface area contributed by atoms with Gasteiger partial charge in [-0.1, -0.05) is 0 Å². The van der Waals surface area contributed by atoms with E-state index >= 15 is 0 Å². The van der Waals surface area contributed by atoms with Crippen molar-refractivity contribution in [3.05, 3.63) is 30.1 Å². The maximum absolute atomic E-state index is 13.2. The summed E-state index contributed by atoms with van der Waals surface area (Å²) in [4.78, 5) is 28.1. The van der Waals surface area contributed by atoms with Gasteiger partial charge < -0.3 is 14.5 Å². The second kappa shape index (κ2) is 7.06. The van der Waals surface area contributed by atoms with Crippen molar-refractivity contribution >= 4 is 17.5 Å². The first-order valence-electron chi connectivity index (χ1n) is 9.64. The molecule has 8 heteroatoms. The fourth-order valence-electron chi connectivity index (χ4n) is 4.36. The monoisotopic (exact) mass is 396 g/mol. The van der Waals surface area contributed by atoms with Crippen molar-refractivity contribution < 1.29 is 27.5 Å². The molecule has 0 radical (unpaired) electrons. The molecule has 1 aromatic rings. The molecule has 1 aliphatic carbocycles. The summed E-state index contributed by atoms with van der Waals surface area (Å²) >= 11 is 0. The van der Waals surface area contributed by atoms with Gasteiger partial charge in [-0.2, -0.15) is 0 Å². The summed E-state index contributed by atoms with van der Waals surface area (Å²) in [6.07, 6.45) is 1.16. The third-order valence-corrected chi connectivity index (χ3v) is 6.04. The van der Waals surface area contributed by atoms with Crippen LogP contribution in [0.2, 0.25) is 0 Å². The van der Waals surface area contributed by atoms with E-state index < -0.39 is 17.4 Å². The zero-order chi connectivity index (χ0) is 19.9. The van der Waals surface area contributed by atoms with Crippen molar-refractivity contribution in [1.82, 2.24) is 4.90 Å². The number of morpholine rings is 1. The molecular weight excluding hydrogens is 373 g/mol. The van der Waals surface area contributed by atoms with Gasteiger partial charge in [0, 0.05) is 37.5 Å². The number of hydrogen-bond donors (Lipinski definition) is 0. The van der Waals surface area contributed by atoms with Gasteiger partial charge in [-0.05, 0) is 43.5 Å². The predicted octanol–water partition coefficient (Wildman–Crippen LogP) is 2.99. The van der Waals surface area contributed by atoms with Gasteiger partial charge in [-0.15, -0.1) is 0 Å². The maximum atomic E-state index is 13.2. The summed E-state index contributed by atoms with van der Waals surface area (Å²) in [5.41, 5.74) is 0.0314. The van der Waals surface area contributed by atoms with Crippen LogP contribution in [-0.2, 0) is 14.3 Å². The smallest absolute Gasteiger partial charge is 0.253 e. The highest BCUT2D eigenvalue weighted by molar-refractivity contribution is 5.95. The highest BCUT2D eigenvalue weighted by atomic mass is 19.3. The number of hydrogen-bond acceptors (Lipinski definition) is 3. The molecule has 2 saturated heterocycles. The SMILES string of the molecule is O=C(C1CC(F)(F)C1)N1CCCC2(CC1)CN(c1ccc(F)cc1)C(=O)CO2. The molecule has 2 aliphatic heterocycles. The van der Waals surface area contributed by atoms with Gasteiger partial charge in [-0.25, -0.2) is 13.2 Å². The normalized spacial score (nSPS) is 28.2. The summed E-state index contributed by atoms with van der Waals surface area (Å²) in [6.45, 7) is 1.20. The number of amides is 2. The predicted molar refractivity (Wildman–Crippen MR) is 95.5 cm³/mol. The van der Waals surface area contributed by atoms with Crippen molar-refractivity contribution in [2.24, 2.45) is 5.92 Å². The van der Waals surface area contributed by atoms with Crippen LogP contribution in [0.1, 0.15) is 32.1 Å². The zero-order valence-electron chi connectivity index (χ0n) is 15.5. The van der Waals surface area contributed by atoms with Gasteiger partial charge in [0.2, 0.25) is 11.8 Å². The lowest BCUT2D eigenvalue weighted by atomic mass is 9.80. The fourth-order valence-corrected chi connectivity index (χ4v) is 4.36. The van der Waals surface area contributed by atoms with Gasteiger partial charge >= 0.3 is 0 Å². The van der Waals surface area contributed by atoms with E-state index in [4.69, 9.17) is 4.74 Å². The van der Waals surface area contributed by atoms with Gasteiger partial charge in [0.25, 0.3) is 5.91 Å². The number of anilines is 1. The van der Waals surface area contributed by atoms with E-state index in [2.05, 4.69) is 0 Å². The van der Waals surface area contributed by atoms with Gasteiger partial charge in [0.1, 0.15) is 12.4 Å². The topological polar surface area (TPSA) is 49.9 Å². The van der Waals surface area contributed by atoms with Crippen LogP contribution >= 0.6 is 0 Å². The van der Waals surface area contributed by atoms with E-state index in [9.17, 15) is 22.8 Å². The van der Waals surface area contributed by atoms with Crippen molar-refractivity contribution in [2.45, 2.75) is 43.6 Å². The molecule has 28 heavy (non-hydrogen) atoms. The molecule has 1 atom stereocenters. The van der Waals surface area contributed by atoms with Crippen LogP contribution in [0.25, 0.3) is 0 Å². The number of halogens is 3. The number of likely N-dealkylation sites (tertiary alicyclic amines) is 1. The summed E-state index contributed by atoms with van der Waals surface area (Å²) in [7, 11) is 0. The fraction of sp³-hybridized carbons (Fsp3) is 0.600. The first-order valence-corrected chi connectivity index (χ1v) is 9.64. The first-order chi connectivity index (χ1) is 13.3. The minimum absolute atomic E-state index is 0.0693. The average Bonchev–Trinajstić information content (AvgIpc) is 2.85. The van der Waals surface area contributed by atoms with Crippen LogP contribution < -0.4 is 4.90 Å². The Hall–Kier alpha value is -2.09. The van der Waals surface area contributed by atoms with Crippen LogP contribution in [0.5, 0.6) is 0 Å². The minimum Gasteiger partial charge on any atom is -0.363 e. The van der Waals surface area contributed by atoms with E-state index in [0.717, 1.165) is 0 Å². The van der Waals surface area contributed by atoms with E-state index in [0.29, 0.717) is 44.6 Å². The molecule has 4 rings (SSSR count). The quantitative estimate of drug-likeness (QED) is 0.772. The molecule has 1 aromatic carbocycles. The van der Waals surface area contributed by atoms with Gasteiger partial charge in [-0.3, -0.25) is 9.59 Å². The third-order valence-electron chi connectivity index (χ3n) is 6.04. The summed E-state index contributed by atoms with van der Waals surface area (Å²) in [5, 5.41) is 0. The highest BCUT2D eigenvalue weighted by Gasteiger charge is 2.50. The second-order valence-corrected chi connectivity index (χ2v) is 8.07. The largest absolute Gasteiger partial charge is 0.363 e. The molecule has 0 aromatic heterocycles. The molecule has 1 saturated carbocycles. The van der Waals surface area contributed by atoms with E-state index in [1.807, 2.05) is 0 Å². The van der Waals surface area contributed by atoms with E-state index in [1.54, 1.807) is 21.9 Å². The van der Waals surface area contributed by atoms with Crippen LogP contribution in [-0.4, -0.2) is 54.5 Å². The standard InChI is InChI=1S/C20H23F3N2O3/c21-15-2-4-16(5-3-15)25-13-19(28-12-17(25)26)6-1-8-24(9-7-19)18(27)14-10-20(22,23)11-14/h2-5,14H,1,6-13H2. The lowest BCUT2D eigenvalue weighted by Crippen LogP contribution is -2.55. The number of benzene rings is 1.